The molecule has 0 saturated carbocycles. The molecule has 12 heteroatoms. The van der Waals surface area contributed by atoms with E-state index in [2.05, 4.69) is 5.32 Å². The second-order valence-corrected chi connectivity index (χ2v) is 13.1. The summed E-state index contributed by atoms with van der Waals surface area (Å²) in [7, 11) is 0. The third-order valence-electron chi connectivity index (χ3n) is 8.93. The molecule has 5 aliphatic rings. The first kappa shape index (κ1) is 39.7. The summed E-state index contributed by atoms with van der Waals surface area (Å²) in [5.74, 6) is -1.53. The van der Waals surface area contributed by atoms with E-state index < -0.39 is 0 Å². The van der Waals surface area contributed by atoms with E-state index >= 15 is 0 Å². The maximum Gasteiger partial charge on any atom is 0.261 e. The summed E-state index contributed by atoms with van der Waals surface area (Å²) >= 11 is 0. The summed E-state index contributed by atoms with van der Waals surface area (Å²) in [6.45, 7) is 9.92. The Bertz CT molecular complexity index is 1930. The van der Waals surface area contributed by atoms with Crippen molar-refractivity contribution in [2.24, 2.45) is 0 Å². The molecule has 12 nitrogen and oxygen atoms in total. The molecule has 276 valence electrons. The summed E-state index contributed by atoms with van der Waals surface area (Å²) in [4.78, 5) is 94.3. The van der Waals surface area contributed by atoms with Gasteiger partial charge in [0, 0.05) is 52.6 Å². The molecule has 2 aromatic rings. The molecule has 2 aromatic carbocycles. The molecule has 4 heterocycles. The van der Waals surface area contributed by atoms with Crippen molar-refractivity contribution in [3.05, 3.63) is 112 Å². The molecule has 1 N–H and O–H groups in total. The minimum absolute atomic E-state index is 0.131. The minimum Gasteiger partial charge on any atom is -0.289 e. The highest BCUT2D eigenvalue weighted by Crippen LogP contribution is 2.28. The maximum absolute atomic E-state index is 11.6. The Morgan fingerprint density at radius 1 is 0.585 bits per heavy atom. The van der Waals surface area contributed by atoms with Crippen molar-refractivity contribution in [2.75, 3.05) is 11.4 Å². The molecule has 0 aromatic heterocycles. The zero-order chi connectivity index (χ0) is 38.8. The Hall–Kier alpha value is -6.04. The van der Waals surface area contributed by atoms with Gasteiger partial charge in [-0.05, 0) is 77.5 Å². The van der Waals surface area contributed by atoms with Crippen molar-refractivity contribution in [2.45, 2.75) is 79.7 Å². The third-order valence-corrected chi connectivity index (χ3v) is 8.93. The fraction of sp³-hybridized carbons (Fsp3) is 0.317. The zero-order valence-corrected chi connectivity index (χ0v) is 30.7. The molecule has 0 unspecified atom stereocenters. The quantitative estimate of drug-likeness (QED) is 0.412. The fourth-order valence-electron chi connectivity index (χ4n) is 5.90. The van der Waals surface area contributed by atoms with Gasteiger partial charge in [0.2, 0.25) is 0 Å². The molecule has 0 fully saturated rings. The van der Waals surface area contributed by atoms with E-state index in [0.29, 0.717) is 35.5 Å². The van der Waals surface area contributed by atoms with Gasteiger partial charge in [-0.15, -0.1) is 0 Å². The topological polar surface area (TPSA) is 158 Å². The molecule has 0 bridgehead atoms. The van der Waals surface area contributed by atoms with Crippen LogP contribution in [0.2, 0.25) is 0 Å². The van der Waals surface area contributed by atoms with Gasteiger partial charge in [0.05, 0.1) is 12.2 Å². The second kappa shape index (κ2) is 17.9. The van der Waals surface area contributed by atoms with Crippen molar-refractivity contribution in [3.63, 3.8) is 0 Å². The normalized spacial score (nSPS) is 17.8. The number of hydrogen-bond donors (Lipinski definition) is 1. The van der Waals surface area contributed by atoms with E-state index in [1.807, 2.05) is 44.2 Å². The maximum atomic E-state index is 11.6. The van der Waals surface area contributed by atoms with E-state index in [0.717, 1.165) is 60.8 Å². The van der Waals surface area contributed by atoms with Gasteiger partial charge < -0.3 is 0 Å². The van der Waals surface area contributed by atoms with Gasteiger partial charge in [-0.2, -0.15) is 0 Å². The second-order valence-electron chi connectivity index (χ2n) is 13.1. The van der Waals surface area contributed by atoms with E-state index in [4.69, 9.17) is 0 Å². The lowest BCUT2D eigenvalue weighted by atomic mass is 9.93. The van der Waals surface area contributed by atoms with Gasteiger partial charge in [0.15, 0.2) is 0 Å². The van der Waals surface area contributed by atoms with Crippen LogP contribution in [0.1, 0.15) is 77.3 Å². The fourth-order valence-corrected chi connectivity index (χ4v) is 5.90. The van der Waals surface area contributed by atoms with Crippen LogP contribution >= 0.6 is 0 Å². The van der Waals surface area contributed by atoms with Crippen LogP contribution in [0.5, 0.6) is 0 Å². The van der Waals surface area contributed by atoms with Gasteiger partial charge in [-0.1, -0.05) is 61.4 Å². The summed E-state index contributed by atoms with van der Waals surface area (Å²) in [6.07, 6.45) is 9.68. The number of carbonyl (C=O) groups is 8. The number of anilines is 1. The van der Waals surface area contributed by atoms with Gasteiger partial charge >= 0.3 is 0 Å². The Kier molecular flexibility index (Phi) is 13.5. The number of hydrogen-bond acceptors (Lipinski definition) is 8. The molecule has 0 radical (unpaired) electrons. The average molecular weight is 721 g/mol. The van der Waals surface area contributed by atoms with Gasteiger partial charge in [0.1, 0.15) is 0 Å². The number of unbranched alkanes of at least 4 members (excludes halogenated alkanes) is 1. The number of benzene rings is 2. The Morgan fingerprint density at radius 2 is 1.08 bits per heavy atom. The van der Waals surface area contributed by atoms with Crippen LogP contribution in [0.4, 0.5) is 5.69 Å². The monoisotopic (exact) mass is 720 g/mol. The lowest BCUT2D eigenvalue weighted by Gasteiger charge is -2.14. The standard InChI is InChI=1S/C13H13NO2.C11H9NO2.C9H13NO2.C8H9NO2/c1-9-3-5-11(6-4-9)8-14-12(15)7-10(2)13(14)16;1-8-7-10(13)12(11(8)14)9-5-3-2-4-6-9;1-3-4-5-10-8(11)6-7(2)9(10)12;10-7-5-3-1-2-4-6(5)8(11)9-7/h3-7H,8H2,1-2H3;2-7H,1H3;6H,3-5H2,1-2H3;1-4H2,(H,9,10,11). The predicted molar refractivity (Wildman–Crippen MR) is 197 cm³/mol. The van der Waals surface area contributed by atoms with Crippen molar-refractivity contribution >= 4 is 52.9 Å². The SMILES string of the molecule is CC1=CC(=O)N(Cc2ccc(C)cc2)C1=O.CC1=CC(=O)N(c2ccccc2)C1=O.CCCCN1C(=O)C=C(C)C1=O.O=C1NC(=O)C2=C1CCCC2. The van der Waals surface area contributed by atoms with Crippen LogP contribution in [0.15, 0.2) is 101 Å². The molecule has 7 rings (SSSR count). The molecule has 53 heavy (non-hydrogen) atoms. The van der Waals surface area contributed by atoms with Crippen LogP contribution < -0.4 is 10.2 Å². The largest absolute Gasteiger partial charge is 0.289 e. The average Bonchev–Trinajstić information content (AvgIpc) is 3.76. The van der Waals surface area contributed by atoms with Gasteiger partial charge in [-0.3, -0.25) is 53.5 Å². The van der Waals surface area contributed by atoms with Crippen molar-refractivity contribution in [3.8, 4) is 0 Å². The van der Waals surface area contributed by atoms with E-state index in [1.165, 1.54) is 32.9 Å². The predicted octanol–water partition coefficient (Wildman–Crippen LogP) is 4.93. The molecule has 8 amide bonds. The number of amides is 8. The highest BCUT2D eigenvalue weighted by Gasteiger charge is 2.32. The first-order chi connectivity index (χ1) is 25.2. The molecule has 4 aliphatic heterocycles. The number of rotatable bonds is 6. The first-order valence-corrected chi connectivity index (χ1v) is 17.6. The van der Waals surface area contributed by atoms with E-state index in [-0.39, 0.29) is 47.3 Å². The third kappa shape index (κ3) is 9.85. The molecule has 0 atom stereocenters. The molecule has 1 aliphatic carbocycles. The highest BCUT2D eigenvalue weighted by atomic mass is 16.2. The number of nitrogens with one attached hydrogen (secondary N) is 1. The summed E-state index contributed by atoms with van der Waals surface area (Å²) < 4.78 is 0. The Balaban J connectivity index is 0.000000159. The Morgan fingerprint density at radius 3 is 1.53 bits per heavy atom. The van der Waals surface area contributed by atoms with Gasteiger partial charge in [-0.25, -0.2) is 4.90 Å². The number of imide groups is 4. The first-order valence-electron chi connectivity index (χ1n) is 17.6. The van der Waals surface area contributed by atoms with Crippen molar-refractivity contribution < 1.29 is 38.4 Å². The lowest BCUT2D eigenvalue weighted by Crippen LogP contribution is -2.31. The molecular weight excluding hydrogens is 676 g/mol. The minimum atomic E-state index is -0.265. The summed E-state index contributed by atoms with van der Waals surface area (Å²) in [5, 5.41) is 2.31. The summed E-state index contributed by atoms with van der Waals surface area (Å²) in [5.41, 5.74) is 5.78. The smallest absolute Gasteiger partial charge is 0.261 e. The highest BCUT2D eigenvalue weighted by molar-refractivity contribution is 6.30. The van der Waals surface area contributed by atoms with E-state index in [9.17, 15) is 38.4 Å². The van der Waals surface area contributed by atoms with Crippen LogP contribution in [0.25, 0.3) is 0 Å². The number of aryl methyl sites for hydroxylation is 1. The number of nitrogens with zero attached hydrogens (tertiary/aromatic N) is 3. The van der Waals surface area contributed by atoms with Gasteiger partial charge in [0.25, 0.3) is 47.3 Å². The number of carbonyl (C=O) groups excluding carboxylic acids is 8. The summed E-state index contributed by atoms with van der Waals surface area (Å²) in [6, 6.07) is 16.7. The van der Waals surface area contributed by atoms with Crippen LogP contribution in [0.3, 0.4) is 0 Å². The van der Waals surface area contributed by atoms with Crippen LogP contribution in [-0.4, -0.2) is 63.6 Å². The Labute approximate surface area is 308 Å². The van der Waals surface area contributed by atoms with E-state index in [1.54, 1.807) is 45.0 Å². The van der Waals surface area contributed by atoms with Crippen LogP contribution in [0, 0.1) is 6.92 Å². The molecule has 0 saturated heterocycles. The van der Waals surface area contributed by atoms with Crippen molar-refractivity contribution in [1.29, 1.82) is 0 Å². The lowest BCUT2D eigenvalue weighted by molar-refractivity contribution is -0.139. The number of para-hydroxylation sites is 1. The van der Waals surface area contributed by atoms with Crippen LogP contribution in [-0.2, 0) is 44.9 Å². The molecule has 0 spiro atoms. The van der Waals surface area contributed by atoms with Crippen molar-refractivity contribution in [1.82, 2.24) is 15.1 Å². The molecular formula is C41H44N4O8. The zero-order valence-electron chi connectivity index (χ0n) is 30.7.